The van der Waals surface area contributed by atoms with Crippen LogP contribution in [0, 0.1) is 12.8 Å². The van der Waals surface area contributed by atoms with Gasteiger partial charge in [0.05, 0.1) is 0 Å². The Bertz CT molecular complexity index is 405. The Labute approximate surface area is 116 Å². The van der Waals surface area contributed by atoms with Gasteiger partial charge in [-0.05, 0) is 50.9 Å². The van der Waals surface area contributed by atoms with Crippen LogP contribution in [0.5, 0.6) is 0 Å². The number of piperidine rings is 1. The highest BCUT2D eigenvalue weighted by Gasteiger charge is 2.15. The summed E-state index contributed by atoms with van der Waals surface area (Å²) in [4.78, 5) is 14.4. The SMILES string of the molecule is Cc1ccc(C(=O)NCCN2CCC(C)CC2)cc1. The van der Waals surface area contributed by atoms with E-state index in [2.05, 4.69) is 17.1 Å². The topological polar surface area (TPSA) is 32.3 Å². The standard InChI is InChI=1S/C16H24N2O/c1-13-3-5-15(6-4-13)16(19)17-9-12-18-10-7-14(2)8-11-18/h3-6,14H,7-12H2,1-2H3,(H,17,19). The molecule has 0 atom stereocenters. The van der Waals surface area contributed by atoms with Gasteiger partial charge in [-0.1, -0.05) is 24.6 Å². The fraction of sp³-hybridized carbons (Fsp3) is 0.562. The van der Waals surface area contributed by atoms with Crippen LogP contribution in [0.3, 0.4) is 0 Å². The summed E-state index contributed by atoms with van der Waals surface area (Å²) >= 11 is 0. The van der Waals surface area contributed by atoms with Gasteiger partial charge >= 0.3 is 0 Å². The lowest BCUT2D eigenvalue weighted by molar-refractivity contribution is 0.0944. The molecule has 0 unspecified atom stereocenters. The summed E-state index contributed by atoms with van der Waals surface area (Å²) < 4.78 is 0. The van der Waals surface area contributed by atoms with Gasteiger partial charge in [-0.3, -0.25) is 4.79 Å². The minimum absolute atomic E-state index is 0.0328. The van der Waals surface area contributed by atoms with Crippen molar-refractivity contribution in [3.05, 3.63) is 35.4 Å². The number of carbonyl (C=O) groups is 1. The number of hydrogen-bond donors (Lipinski definition) is 1. The lowest BCUT2D eigenvalue weighted by atomic mass is 9.99. The number of nitrogens with zero attached hydrogens (tertiary/aromatic N) is 1. The van der Waals surface area contributed by atoms with E-state index in [1.165, 1.54) is 31.5 Å². The van der Waals surface area contributed by atoms with Gasteiger partial charge in [-0.2, -0.15) is 0 Å². The molecular formula is C16H24N2O. The van der Waals surface area contributed by atoms with Gasteiger partial charge in [0.2, 0.25) is 0 Å². The third-order valence-corrected chi connectivity index (χ3v) is 3.90. The smallest absolute Gasteiger partial charge is 0.251 e. The Morgan fingerprint density at radius 1 is 1.26 bits per heavy atom. The molecule has 1 aromatic rings. The summed E-state index contributed by atoms with van der Waals surface area (Å²) in [6.45, 7) is 8.38. The first-order valence-corrected chi connectivity index (χ1v) is 7.22. The third kappa shape index (κ3) is 4.35. The minimum atomic E-state index is 0.0328. The zero-order valence-electron chi connectivity index (χ0n) is 12.0. The predicted molar refractivity (Wildman–Crippen MR) is 78.4 cm³/mol. The number of aryl methyl sites for hydroxylation is 1. The summed E-state index contributed by atoms with van der Waals surface area (Å²) in [5.41, 5.74) is 1.93. The molecule has 0 spiro atoms. The van der Waals surface area contributed by atoms with Crippen LogP contribution in [-0.4, -0.2) is 37.0 Å². The van der Waals surface area contributed by atoms with Crippen LogP contribution in [-0.2, 0) is 0 Å². The second-order valence-corrected chi connectivity index (χ2v) is 5.65. The predicted octanol–water partition coefficient (Wildman–Crippen LogP) is 2.46. The summed E-state index contributed by atoms with van der Waals surface area (Å²) in [5, 5.41) is 3.00. The number of amides is 1. The maximum absolute atomic E-state index is 11.9. The number of hydrogen-bond acceptors (Lipinski definition) is 2. The van der Waals surface area contributed by atoms with Crippen LogP contribution in [0.1, 0.15) is 35.7 Å². The van der Waals surface area contributed by atoms with Gasteiger partial charge in [-0.15, -0.1) is 0 Å². The maximum Gasteiger partial charge on any atom is 0.251 e. The largest absolute Gasteiger partial charge is 0.351 e. The van der Waals surface area contributed by atoms with Gasteiger partial charge in [0, 0.05) is 18.7 Å². The van der Waals surface area contributed by atoms with Crippen molar-refractivity contribution in [2.45, 2.75) is 26.7 Å². The minimum Gasteiger partial charge on any atom is -0.351 e. The van der Waals surface area contributed by atoms with Crippen molar-refractivity contribution in [3.63, 3.8) is 0 Å². The molecule has 19 heavy (non-hydrogen) atoms. The van der Waals surface area contributed by atoms with Gasteiger partial charge < -0.3 is 10.2 Å². The molecule has 104 valence electrons. The highest BCUT2D eigenvalue weighted by molar-refractivity contribution is 5.94. The van der Waals surface area contributed by atoms with Gasteiger partial charge in [0.1, 0.15) is 0 Å². The first kappa shape index (κ1) is 14.1. The molecule has 3 heteroatoms. The molecule has 1 aliphatic heterocycles. The quantitative estimate of drug-likeness (QED) is 0.902. The molecule has 1 N–H and O–H groups in total. The summed E-state index contributed by atoms with van der Waals surface area (Å²) in [6.07, 6.45) is 2.57. The van der Waals surface area contributed by atoms with Crippen LogP contribution in [0.2, 0.25) is 0 Å². The lowest BCUT2D eigenvalue weighted by Crippen LogP contribution is -2.39. The average molecular weight is 260 g/mol. The zero-order chi connectivity index (χ0) is 13.7. The van der Waals surface area contributed by atoms with E-state index < -0.39 is 0 Å². The van der Waals surface area contributed by atoms with Crippen molar-refractivity contribution in [2.24, 2.45) is 5.92 Å². The Morgan fingerprint density at radius 2 is 1.89 bits per heavy atom. The Balaban J connectivity index is 1.70. The molecule has 0 aliphatic carbocycles. The molecule has 2 rings (SSSR count). The number of benzene rings is 1. The summed E-state index contributed by atoms with van der Waals surface area (Å²) in [6, 6.07) is 7.71. The normalized spacial score (nSPS) is 17.4. The van der Waals surface area contributed by atoms with E-state index in [-0.39, 0.29) is 5.91 Å². The van der Waals surface area contributed by atoms with E-state index in [1.54, 1.807) is 0 Å². The van der Waals surface area contributed by atoms with E-state index in [4.69, 9.17) is 0 Å². The van der Waals surface area contributed by atoms with Crippen molar-refractivity contribution >= 4 is 5.91 Å². The number of carbonyl (C=O) groups excluding carboxylic acids is 1. The molecule has 1 fully saturated rings. The van der Waals surface area contributed by atoms with Crippen LogP contribution in [0.15, 0.2) is 24.3 Å². The second kappa shape index (κ2) is 6.71. The molecule has 3 nitrogen and oxygen atoms in total. The molecule has 1 aromatic carbocycles. The summed E-state index contributed by atoms with van der Waals surface area (Å²) in [5.74, 6) is 0.892. The number of nitrogens with one attached hydrogen (secondary N) is 1. The lowest BCUT2D eigenvalue weighted by Gasteiger charge is -2.30. The van der Waals surface area contributed by atoms with Gasteiger partial charge in [-0.25, -0.2) is 0 Å². The van der Waals surface area contributed by atoms with E-state index in [0.717, 1.165) is 24.6 Å². The molecule has 1 aliphatic rings. The van der Waals surface area contributed by atoms with E-state index >= 15 is 0 Å². The molecule has 1 saturated heterocycles. The fourth-order valence-electron chi connectivity index (χ4n) is 2.42. The first-order chi connectivity index (χ1) is 9.15. The van der Waals surface area contributed by atoms with Crippen LogP contribution in [0.25, 0.3) is 0 Å². The molecule has 1 amide bonds. The maximum atomic E-state index is 11.9. The van der Waals surface area contributed by atoms with Crippen molar-refractivity contribution in [1.82, 2.24) is 10.2 Å². The average Bonchev–Trinajstić information content (AvgIpc) is 2.41. The van der Waals surface area contributed by atoms with Crippen molar-refractivity contribution in [2.75, 3.05) is 26.2 Å². The highest BCUT2D eigenvalue weighted by atomic mass is 16.1. The second-order valence-electron chi connectivity index (χ2n) is 5.65. The van der Waals surface area contributed by atoms with E-state index in [9.17, 15) is 4.79 Å². The first-order valence-electron chi connectivity index (χ1n) is 7.22. The van der Waals surface area contributed by atoms with Crippen LogP contribution in [0.4, 0.5) is 0 Å². The molecule has 0 bridgehead atoms. The number of rotatable bonds is 4. The number of likely N-dealkylation sites (tertiary alicyclic amines) is 1. The Hall–Kier alpha value is -1.35. The van der Waals surface area contributed by atoms with Gasteiger partial charge in [0.15, 0.2) is 0 Å². The summed E-state index contributed by atoms with van der Waals surface area (Å²) in [7, 11) is 0. The Morgan fingerprint density at radius 3 is 2.53 bits per heavy atom. The molecule has 0 saturated carbocycles. The van der Waals surface area contributed by atoms with Crippen molar-refractivity contribution in [1.29, 1.82) is 0 Å². The highest BCUT2D eigenvalue weighted by Crippen LogP contribution is 2.15. The van der Waals surface area contributed by atoms with Crippen LogP contribution < -0.4 is 5.32 Å². The molecule has 1 heterocycles. The van der Waals surface area contributed by atoms with Crippen molar-refractivity contribution < 1.29 is 4.79 Å². The third-order valence-electron chi connectivity index (χ3n) is 3.90. The fourth-order valence-corrected chi connectivity index (χ4v) is 2.42. The molecular weight excluding hydrogens is 236 g/mol. The Kier molecular flexibility index (Phi) is 4.97. The van der Waals surface area contributed by atoms with Gasteiger partial charge in [0.25, 0.3) is 5.91 Å². The molecule has 0 radical (unpaired) electrons. The van der Waals surface area contributed by atoms with E-state index in [0.29, 0.717) is 0 Å². The zero-order valence-corrected chi connectivity index (χ0v) is 12.0. The van der Waals surface area contributed by atoms with Crippen LogP contribution >= 0.6 is 0 Å². The molecule has 0 aromatic heterocycles. The van der Waals surface area contributed by atoms with E-state index in [1.807, 2.05) is 31.2 Å². The monoisotopic (exact) mass is 260 g/mol. The van der Waals surface area contributed by atoms with Crippen molar-refractivity contribution in [3.8, 4) is 0 Å².